The van der Waals surface area contributed by atoms with Crippen molar-refractivity contribution in [2.75, 3.05) is 4.90 Å². The Labute approximate surface area is 318 Å². The van der Waals surface area contributed by atoms with Crippen molar-refractivity contribution in [2.45, 2.75) is 174 Å². The molecule has 1 heteroatoms. The Morgan fingerprint density at radius 2 is 1.10 bits per heavy atom. The summed E-state index contributed by atoms with van der Waals surface area (Å²) in [6, 6.07) is 34.5. The molecule has 0 spiro atoms. The molecule has 0 heterocycles. The number of unbranched alkanes of at least 4 members (excludes halogenated alkanes) is 8. The molecule has 1 saturated carbocycles. The van der Waals surface area contributed by atoms with E-state index in [1.165, 1.54) is 148 Å². The molecule has 1 atom stereocenters. The van der Waals surface area contributed by atoms with Gasteiger partial charge >= 0.3 is 0 Å². The minimum Gasteiger partial charge on any atom is -0.338 e. The maximum Gasteiger partial charge on any atom is 0.0413 e. The molecule has 0 bridgehead atoms. The lowest BCUT2D eigenvalue weighted by Crippen LogP contribution is -2.34. The number of benzene rings is 4. The second-order valence-electron chi connectivity index (χ2n) is 16.9. The Kier molecular flexibility index (Phi) is 13.4. The van der Waals surface area contributed by atoms with Crippen LogP contribution >= 0.6 is 0 Å². The largest absolute Gasteiger partial charge is 0.338 e. The van der Waals surface area contributed by atoms with Gasteiger partial charge in [-0.3, -0.25) is 0 Å². The first-order chi connectivity index (χ1) is 25.4. The van der Waals surface area contributed by atoms with Gasteiger partial charge in [0.25, 0.3) is 0 Å². The molecule has 0 aromatic heterocycles. The molecule has 52 heavy (non-hydrogen) atoms. The van der Waals surface area contributed by atoms with Crippen molar-refractivity contribution in [3.05, 3.63) is 118 Å². The molecule has 0 amide bonds. The van der Waals surface area contributed by atoms with Gasteiger partial charge in [-0.05, 0) is 128 Å². The maximum atomic E-state index is 2.74. The van der Waals surface area contributed by atoms with Gasteiger partial charge in [-0.1, -0.05) is 164 Å². The fourth-order valence-corrected chi connectivity index (χ4v) is 9.75. The van der Waals surface area contributed by atoms with Crippen LogP contribution < -0.4 is 4.90 Å². The van der Waals surface area contributed by atoms with Gasteiger partial charge in [0.2, 0.25) is 0 Å². The molecule has 4 aromatic rings. The average molecular weight is 696 g/mol. The van der Waals surface area contributed by atoms with Gasteiger partial charge in [-0.25, -0.2) is 0 Å². The topological polar surface area (TPSA) is 3.24 Å². The van der Waals surface area contributed by atoms with Gasteiger partial charge in [0.1, 0.15) is 0 Å². The lowest BCUT2D eigenvalue weighted by atomic mass is 9.69. The number of rotatable bonds is 18. The van der Waals surface area contributed by atoms with E-state index in [9.17, 15) is 0 Å². The summed E-state index contributed by atoms with van der Waals surface area (Å²) in [5.41, 5.74) is 15.0. The van der Waals surface area contributed by atoms with Crippen molar-refractivity contribution in [3.63, 3.8) is 0 Å². The van der Waals surface area contributed by atoms with E-state index in [-0.39, 0.29) is 5.41 Å². The minimum atomic E-state index is 0.159. The van der Waals surface area contributed by atoms with Gasteiger partial charge in [0.15, 0.2) is 0 Å². The van der Waals surface area contributed by atoms with Crippen molar-refractivity contribution in [3.8, 4) is 11.1 Å². The van der Waals surface area contributed by atoms with Gasteiger partial charge in [0, 0.05) is 22.8 Å². The van der Waals surface area contributed by atoms with E-state index in [1.54, 1.807) is 16.7 Å². The first-order valence-corrected chi connectivity index (χ1v) is 21.6. The van der Waals surface area contributed by atoms with Crippen molar-refractivity contribution in [2.24, 2.45) is 0 Å². The maximum absolute atomic E-state index is 2.74. The van der Waals surface area contributed by atoms with Crippen LogP contribution in [0.1, 0.15) is 182 Å². The summed E-state index contributed by atoms with van der Waals surface area (Å²) in [5, 5.41) is 0. The van der Waals surface area contributed by atoms with Crippen LogP contribution in [0.2, 0.25) is 0 Å². The molecule has 0 aliphatic heterocycles. The molecule has 0 saturated heterocycles. The number of nitrogens with zero attached hydrogens (tertiary/aromatic N) is 1. The van der Waals surface area contributed by atoms with Gasteiger partial charge in [-0.15, -0.1) is 0 Å². The fourth-order valence-electron chi connectivity index (χ4n) is 9.75. The van der Waals surface area contributed by atoms with E-state index in [2.05, 4.69) is 131 Å². The third-order valence-electron chi connectivity index (χ3n) is 13.2. The summed E-state index contributed by atoms with van der Waals surface area (Å²) < 4.78 is 0. The van der Waals surface area contributed by atoms with Crippen LogP contribution in [0.25, 0.3) is 11.1 Å². The molecule has 4 aromatic carbocycles. The van der Waals surface area contributed by atoms with Crippen molar-refractivity contribution in [1.29, 1.82) is 0 Å². The molecular formula is C51H69N. The number of anilines is 2. The van der Waals surface area contributed by atoms with Crippen LogP contribution in [0, 0.1) is 13.8 Å². The highest BCUT2D eigenvalue weighted by Crippen LogP contribution is 2.55. The Morgan fingerprint density at radius 3 is 1.67 bits per heavy atom. The van der Waals surface area contributed by atoms with Crippen LogP contribution in [0.5, 0.6) is 0 Å². The summed E-state index contributed by atoms with van der Waals surface area (Å²) in [4.78, 5) is 2.67. The van der Waals surface area contributed by atoms with Crippen LogP contribution in [-0.4, -0.2) is 6.04 Å². The number of hydrogen-bond donors (Lipinski definition) is 0. The molecule has 1 fully saturated rings. The third kappa shape index (κ3) is 8.56. The van der Waals surface area contributed by atoms with E-state index >= 15 is 0 Å². The van der Waals surface area contributed by atoms with E-state index < -0.39 is 0 Å². The van der Waals surface area contributed by atoms with Crippen LogP contribution in [0.4, 0.5) is 11.4 Å². The first kappa shape index (κ1) is 38.4. The normalized spacial score (nSPS) is 18.2. The fraction of sp³-hybridized carbons (Fsp3) is 0.529. The molecular weight excluding hydrogens is 627 g/mol. The Hall–Kier alpha value is -3.32. The van der Waals surface area contributed by atoms with Gasteiger partial charge < -0.3 is 4.90 Å². The lowest BCUT2D eigenvalue weighted by Gasteiger charge is -2.39. The zero-order valence-corrected chi connectivity index (χ0v) is 33.8. The number of fused-ring (bicyclic) bond motifs is 3. The zero-order chi connectivity index (χ0) is 36.5. The lowest BCUT2D eigenvalue weighted by molar-refractivity contribution is 0.387. The van der Waals surface area contributed by atoms with Crippen LogP contribution in [-0.2, 0) is 5.41 Å². The van der Waals surface area contributed by atoms with E-state index in [4.69, 9.17) is 0 Å². The van der Waals surface area contributed by atoms with E-state index in [0.29, 0.717) is 17.9 Å². The molecule has 1 unspecified atom stereocenters. The third-order valence-corrected chi connectivity index (χ3v) is 13.2. The molecule has 1 nitrogen and oxygen atoms in total. The van der Waals surface area contributed by atoms with E-state index in [1.807, 2.05) is 0 Å². The standard InChI is InChI=1S/C51H69N/c1-7-10-12-14-16-34-51(35-17-15-13-11-8-2)49-36-39(5)20-32-47(49)48-33-25-43(37-50(48)51)42-23-30-46(31-24-42)52(44-26-18-38(4)19-27-44)45-28-21-41(22-29-45)40(6)9-3/h18-22,25-29,32-33,36-37,40,42,46H,7-17,23-24,30-31,34-35H2,1-6H3. The van der Waals surface area contributed by atoms with Crippen molar-refractivity contribution in [1.82, 2.24) is 0 Å². The summed E-state index contributed by atoms with van der Waals surface area (Å²) in [6.45, 7) is 13.8. The van der Waals surface area contributed by atoms with Crippen LogP contribution in [0.3, 0.4) is 0 Å². The summed E-state index contributed by atoms with van der Waals surface area (Å²) >= 11 is 0. The molecule has 2 aliphatic rings. The summed E-state index contributed by atoms with van der Waals surface area (Å²) in [6.07, 6.45) is 22.2. The average Bonchev–Trinajstić information content (AvgIpc) is 3.43. The minimum absolute atomic E-state index is 0.159. The van der Waals surface area contributed by atoms with Crippen molar-refractivity contribution >= 4 is 11.4 Å². The van der Waals surface area contributed by atoms with E-state index in [0.717, 1.165) is 0 Å². The first-order valence-electron chi connectivity index (χ1n) is 21.6. The van der Waals surface area contributed by atoms with Crippen molar-refractivity contribution < 1.29 is 0 Å². The predicted octanol–water partition coefficient (Wildman–Crippen LogP) is 15.7. The van der Waals surface area contributed by atoms with Gasteiger partial charge in [0.05, 0.1) is 0 Å². The summed E-state index contributed by atoms with van der Waals surface area (Å²) in [5.74, 6) is 1.23. The number of hydrogen-bond acceptors (Lipinski definition) is 1. The van der Waals surface area contributed by atoms with Crippen LogP contribution in [0.15, 0.2) is 84.9 Å². The molecule has 0 N–H and O–H groups in total. The summed E-state index contributed by atoms with van der Waals surface area (Å²) in [7, 11) is 0. The highest BCUT2D eigenvalue weighted by Gasteiger charge is 2.43. The monoisotopic (exact) mass is 696 g/mol. The number of aryl methyl sites for hydroxylation is 2. The highest BCUT2D eigenvalue weighted by molar-refractivity contribution is 5.82. The highest BCUT2D eigenvalue weighted by atomic mass is 15.2. The second-order valence-corrected chi connectivity index (χ2v) is 16.9. The Bertz CT molecular complexity index is 1670. The zero-order valence-electron chi connectivity index (χ0n) is 33.8. The quantitative estimate of drug-likeness (QED) is 0.0937. The van der Waals surface area contributed by atoms with Gasteiger partial charge in [-0.2, -0.15) is 0 Å². The molecule has 0 radical (unpaired) electrons. The Morgan fingerprint density at radius 1 is 0.577 bits per heavy atom. The molecule has 6 rings (SSSR count). The smallest absolute Gasteiger partial charge is 0.0413 e. The predicted molar refractivity (Wildman–Crippen MR) is 228 cm³/mol. The molecule has 2 aliphatic carbocycles. The second kappa shape index (κ2) is 18.1. The Balaban J connectivity index is 1.27. The SMILES string of the molecule is CCCCCCCC1(CCCCCCC)c2cc(C)ccc2-c2ccc(C3CCC(N(c4ccc(C)cc4)c4ccc(C(C)CC)cc4)CC3)cc21. The molecule has 278 valence electrons.